The molecule has 0 saturated carbocycles. The molecule has 2 rings (SSSR count). The van der Waals surface area contributed by atoms with Crippen molar-refractivity contribution in [2.24, 2.45) is 10.8 Å². The Hall–Kier alpha value is -0.0800. The van der Waals surface area contributed by atoms with E-state index in [-0.39, 0.29) is 0 Å². The van der Waals surface area contributed by atoms with Gasteiger partial charge in [0.2, 0.25) is 0 Å². The number of nitrogens with zero attached hydrogens (tertiary/aromatic N) is 1. The Kier molecular flexibility index (Phi) is 3.60. The van der Waals surface area contributed by atoms with Crippen LogP contribution in [0.15, 0.2) is 0 Å². The van der Waals surface area contributed by atoms with Crippen LogP contribution in [-0.2, 0) is 0 Å². The van der Waals surface area contributed by atoms with Gasteiger partial charge in [-0.05, 0) is 56.1 Å². The first-order valence-electron chi connectivity index (χ1n) is 6.98. The highest BCUT2D eigenvalue weighted by molar-refractivity contribution is 4.91. The van der Waals surface area contributed by atoms with E-state index in [0.717, 1.165) is 0 Å². The molecule has 0 radical (unpaired) electrons. The molecule has 2 aliphatic rings. The maximum absolute atomic E-state index is 3.54. The predicted molar refractivity (Wildman–Crippen MR) is 69.7 cm³/mol. The first-order valence-corrected chi connectivity index (χ1v) is 6.98. The Labute approximate surface area is 101 Å². The lowest BCUT2D eigenvalue weighted by atomic mass is 9.80. The summed E-state index contributed by atoms with van der Waals surface area (Å²) in [6, 6.07) is 0. The summed E-state index contributed by atoms with van der Waals surface area (Å²) in [4.78, 5) is 2.71. The summed E-state index contributed by atoms with van der Waals surface area (Å²) in [7, 11) is 0. The molecule has 16 heavy (non-hydrogen) atoms. The Morgan fingerprint density at radius 2 is 1.81 bits per heavy atom. The molecule has 0 aromatic carbocycles. The summed E-state index contributed by atoms with van der Waals surface area (Å²) in [5, 5.41) is 3.54. The second-order valence-corrected chi connectivity index (χ2v) is 6.72. The molecule has 0 bridgehead atoms. The molecule has 1 unspecified atom stereocenters. The SMILES string of the molecule is CCC1(CN2CCC(C)(C)CC2)CCNC1. The lowest BCUT2D eigenvalue weighted by molar-refractivity contribution is 0.0868. The van der Waals surface area contributed by atoms with E-state index in [1.165, 1.54) is 58.4 Å². The first-order chi connectivity index (χ1) is 7.55. The highest BCUT2D eigenvalue weighted by atomic mass is 15.1. The molecule has 2 fully saturated rings. The fraction of sp³-hybridized carbons (Fsp3) is 1.00. The second-order valence-electron chi connectivity index (χ2n) is 6.72. The largest absolute Gasteiger partial charge is 0.316 e. The van der Waals surface area contributed by atoms with E-state index in [4.69, 9.17) is 0 Å². The third-order valence-corrected chi connectivity index (χ3v) is 4.85. The Morgan fingerprint density at radius 1 is 1.12 bits per heavy atom. The van der Waals surface area contributed by atoms with E-state index in [2.05, 4.69) is 31.0 Å². The van der Waals surface area contributed by atoms with Crippen molar-refractivity contribution >= 4 is 0 Å². The minimum Gasteiger partial charge on any atom is -0.316 e. The van der Waals surface area contributed by atoms with E-state index in [1.807, 2.05) is 0 Å². The van der Waals surface area contributed by atoms with Crippen molar-refractivity contribution in [2.45, 2.75) is 46.5 Å². The van der Waals surface area contributed by atoms with Gasteiger partial charge in [-0.2, -0.15) is 0 Å². The highest BCUT2D eigenvalue weighted by Gasteiger charge is 2.35. The molecular weight excluding hydrogens is 196 g/mol. The van der Waals surface area contributed by atoms with E-state index < -0.39 is 0 Å². The minimum atomic E-state index is 0.585. The maximum Gasteiger partial charge on any atom is 0.00505 e. The van der Waals surface area contributed by atoms with E-state index >= 15 is 0 Å². The third-order valence-electron chi connectivity index (χ3n) is 4.85. The van der Waals surface area contributed by atoms with Crippen molar-refractivity contribution in [3.8, 4) is 0 Å². The smallest absolute Gasteiger partial charge is 0.00505 e. The molecule has 0 aromatic rings. The quantitative estimate of drug-likeness (QED) is 0.792. The van der Waals surface area contributed by atoms with Gasteiger partial charge in [0.15, 0.2) is 0 Å². The van der Waals surface area contributed by atoms with Gasteiger partial charge in [0.05, 0.1) is 0 Å². The van der Waals surface area contributed by atoms with Crippen molar-refractivity contribution in [1.29, 1.82) is 0 Å². The van der Waals surface area contributed by atoms with Crippen LogP contribution in [0.2, 0.25) is 0 Å². The maximum atomic E-state index is 3.54. The molecule has 0 aliphatic carbocycles. The molecule has 0 spiro atoms. The van der Waals surface area contributed by atoms with Gasteiger partial charge in [0.1, 0.15) is 0 Å². The lowest BCUT2D eigenvalue weighted by Gasteiger charge is -2.41. The molecular formula is C14H28N2. The fourth-order valence-corrected chi connectivity index (χ4v) is 3.13. The van der Waals surface area contributed by atoms with Gasteiger partial charge in [-0.25, -0.2) is 0 Å². The number of rotatable bonds is 3. The van der Waals surface area contributed by atoms with E-state index in [0.29, 0.717) is 10.8 Å². The number of hydrogen-bond acceptors (Lipinski definition) is 2. The first kappa shape index (κ1) is 12.4. The molecule has 2 nitrogen and oxygen atoms in total. The highest BCUT2D eigenvalue weighted by Crippen LogP contribution is 2.34. The van der Waals surface area contributed by atoms with Crippen molar-refractivity contribution < 1.29 is 0 Å². The minimum absolute atomic E-state index is 0.585. The van der Waals surface area contributed by atoms with Gasteiger partial charge < -0.3 is 10.2 Å². The zero-order valence-electron chi connectivity index (χ0n) is 11.3. The van der Waals surface area contributed by atoms with Crippen LogP contribution in [0.25, 0.3) is 0 Å². The van der Waals surface area contributed by atoms with Crippen LogP contribution >= 0.6 is 0 Å². The summed E-state index contributed by atoms with van der Waals surface area (Å²) < 4.78 is 0. The van der Waals surface area contributed by atoms with Crippen molar-refractivity contribution in [3.05, 3.63) is 0 Å². The van der Waals surface area contributed by atoms with Crippen molar-refractivity contribution in [1.82, 2.24) is 10.2 Å². The van der Waals surface area contributed by atoms with E-state index in [1.54, 1.807) is 0 Å². The van der Waals surface area contributed by atoms with Crippen LogP contribution in [0.3, 0.4) is 0 Å². The average Bonchev–Trinajstić information content (AvgIpc) is 2.71. The van der Waals surface area contributed by atoms with E-state index in [9.17, 15) is 0 Å². The number of likely N-dealkylation sites (tertiary alicyclic amines) is 1. The van der Waals surface area contributed by atoms with Crippen LogP contribution in [0.5, 0.6) is 0 Å². The zero-order valence-corrected chi connectivity index (χ0v) is 11.3. The fourth-order valence-electron chi connectivity index (χ4n) is 3.13. The van der Waals surface area contributed by atoms with Crippen LogP contribution in [-0.4, -0.2) is 37.6 Å². The molecule has 1 atom stereocenters. The number of nitrogens with one attached hydrogen (secondary N) is 1. The van der Waals surface area contributed by atoms with Gasteiger partial charge in [-0.3, -0.25) is 0 Å². The molecule has 94 valence electrons. The predicted octanol–water partition coefficient (Wildman–Crippen LogP) is 2.50. The Balaban J connectivity index is 1.86. The number of piperidine rings is 1. The molecule has 0 amide bonds. The van der Waals surface area contributed by atoms with Gasteiger partial charge in [-0.1, -0.05) is 20.8 Å². The van der Waals surface area contributed by atoms with Gasteiger partial charge in [-0.15, -0.1) is 0 Å². The molecule has 2 aliphatic heterocycles. The van der Waals surface area contributed by atoms with Crippen LogP contribution < -0.4 is 5.32 Å². The van der Waals surface area contributed by atoms with Gasteiger partial charge in [0.25, 0.3) is 0 Å². The zero-order chi connectivity index (χ0) is 11.6. The molecule has 2 saturated heterocycles. The summed E-state index contributed by atoms with van der Waals surface area (Å²) in [5.74, 6) is 0. The van der Waals surface area contributed by atoms with Crippen LogP contribution in [0.4, 0.5) is 0 Å². The molecule has 2 heterocycles. The average molecular weight is 224 g/mol. The summed E-state index contributed by atoms with van der Waals surface area (Å²) in [6.07, 6.45) is 5.46. The second kappa shape index (κ2) is 4.66. The van der Waals surface area contributed by atoms with Crippen molar-refractivity contribution in [3.63, 3.8) is 0 Å². The van der Waals surface area contributed by atoms with Crippen LogP contribution in [0.1, 0.15) is 46.5 Å². The molecule has 0 aromatic heterocycles. The Morgan fingerprint density at radius 3 is 2.31 bits per heavy atom. The molecule has 2 heteroatoms. The Bertz CT molecular complexity index is 219. The standard InChI is InChI=1S/C14H28N2/c1-4-14(5-8-15-11-14)12-16-9-6-13(2,3)7-10-16/h15H,4-12H2,1-3H3. The topological polar surface area (TPSA) is 15.3 Å². The van der Waals surface area contributed by atoms with Crippen molar-refractivity contribution in [2.75, 3.05) is 32.7 Å². The summed E-state index contributed by atoms with van der Waals surface area (Å²) in [6.45, 7) is 13.6. The summed E-state index contributed by atoms with van der Waals surface area (Å²) in [5.41, 5.74) is 1.17. The third kappa shape index (κ3) is 2.78. The number of hydrogen-bond donors (Lipinski definition) is 1. The van der Waals surface area contributed by atoms with Gasteiger partial charge >= 0.3 is 0 Å². The lowest BCUT2D eigenvalue weighted by Crippen LogP contribution is -2.44. The molecule has 1 N–H and O–H groups in total. The van der Waals surface area contributed by atoms with Crippen LogP contribution in [0, 0.1) is 10.8 Å². The normalized spacial score (nSPS) is 35.4. The van der Waals surface area contributed by atoms with Gasteiger partial charge in [0, 0.05) is 13.1 Å². The monoisotopic (exact) mass is 224 g/mol. The summed E-state index contributed by atoms with van der Waals surface area (Å²) >= 11 is 0.